The fourth-order valence-electron chi connectivity index (χ4n) is 1.88. The van der Waals surface area contributed by atoms with Crippen molar-refractivity contribution in [3.05, 3.63) is 24.3 Å². The van der Waals surface area contributed by atoms with Gasteiger partial charge in [-0.05, 0) is 13.8 Å². The molecule has 39 heavy (non-hydrogen) atoms. The Morgan fingerprint density at radius 3 is 1.18 bits per heavy atom. The number of hydrogen-bond acceptors (Lipinski definition) is 3. The van der Waals surface area contributed by atoms with Crippen molar-refractivity contribution in [2.24, 2.45) is 0 Å². The number of ether oxygens (including phenoxy) is 1. The van der Waals surface area contributed by atoms with Crippen LogP contribution in [0.2, 0.25) is 0 Å². The number of carbonyl (C=O) groups excluding carboxylic acids is 1. The van der Waals surface area contributed by atoms with Gasteiger partial charge in [0.05, 0.1) is 6.61 Å². The number of alkyl halides is 17. The first-order chi connectivity index (χ1) is 16.8. The largest absolute Gasteiger partial charge is 0.478 e. The Morgan fingerprint density at radius 1 is 0.641 bits per heavy atom. The molecule has 0 atom stereocenters. The number of halogens is 17. The number of carboxylic acids is 1. The second-order valence-electron chi connectivity index (χ2n) is 7.23. The second kappa shape index (κ2) is 11.4. The molecule has 0 fully saturated rings. The third kappa shape index (κ3) is 6.69. The lowest BCUT2D eigenvalue weighted by Gasteiger charge is -2.42. The van der Waals surface area contributed by atoms with Crippen molar-refractivity contribution in [2.75, 3.05) is 6.61 Å². The third-order valence-corrected chi connectivity index (χ3v) is 4.15. The molecule has 0 aliphatic rings. The van der Waals surface area contributed by atoms with E-state index < -0.39 is 78.2 Å². The lowest BCUT2D eigenvalue weighted by Crippen LogP contribution is -2.74. The normalized spacial score (nSPS) is 14.2. The molecule has 0 saturated heterocycles. The van der Waals surface area contributed by atoms with Crippen LogP contribution >= 0.6 is 0 Å². The maximum absolute atomic E-state index is 13.6. The van der Waals surface area contributed by atoms with Gasteiger partial charge in [-0.2, -0.15) is 74.6 Å². The molecule has 1 N–H and O–H groups in total. The summed E-state index contributed by atoms with van der Waals surface area (Å²) in [6.45, 7) is 7.28. The quantitative estimate of drug-likeness (QED) is 0.152. The molecule has 21 heteroatoms. The van der Waals surface area contributed by atoms with E-state index in [0.29, 0.717) is 0 Å². The van der Waals surface area contributed by atoms with Gasteiger partial charge in [-0.25, -0.2) is 9.59 Å². The molecule has 0 amide bonds. The maximum atomic E-state index is 13.6. The molecule has 0 rings (SSSR count). The molecular formula is C18H15F17O4. The summed E-state index contributed by atoms with van der Waals surface area (Å²) in [7, 11) is 0. The average molecular weight is 618 g/mol. The third-order valence-electron chi connectivity index (χ3n) is 4.15. The standard InChI is InChI=1S/C14H9F17O2.C4H6O2/c1-3-33-6(32)5(2)4-7(15,16)8(17,18)9(19,20)10(21,22)11(23,24)12(25,26)13(27,28)14(29,30)31;1-3(2)4(5)6/h2-4H2,1H3;1H2,2H3,(H,5,6). The number of carbonyl (C=O) groups is 2. The van der Waals surface area contributed by atoms with Crippen molar-refractivity contribution in [2.45, 2.75) is 67.9 Å². The number of carboxylic acid groups (broad SMARTS) is 1. The van der Waals surface area contributed by atoms with E-state index in [9.17, 15) is 84.2 Å². The monoisotopic (exact) mass is 618 g/mol. The smallest absolute Gasteiger partial charge is 0.460 e. The summed E-state index contributed by atoms with van der Waals surface area (Å²) >= 11 is 0. The summed E-state index contributed by atoms with van der Waals surface area (Å²) < 4.78 is 226. The molecule has 0 aromatic rings. The van der Waals surface area contributed by atoms with Gasteiger partial charge in [-0.1, -0.05) is 13.2 Å². The molecule has 0 aromatic carbocycles. The lowest BCUT2D eigenvalue weighted by atomic mass is 9.87. The number of esters is 1. The fraction of sp³-hybridized carbons (Fsp3) is 0.667. The summed E-state index contributed by atoms with van der Waals surface area (Å²) in [4.78, 5) is 20.6. The number of hydrogen-bond donors (Lipinski definition) is 1. The summed E-state index contributed by atoms with van der Waals surface area (Å²) in [6, 6.07) is 0. The first-order valence-electron chi connectivity index (χ1n) is 9.21. The summed E-state index contributed by atoms with van der Waals surface area (Å²) in [6.07, 6.45) is -10.8. The highest BCUT2D eigenvalue weighted by atomic mass is 19.4. The van der Waals surface area contributed by atoms with Crippen molar-refractivity contribution >= 4 is 11.9 Å². The van der Waals surface area contributed by atoms with Gasteiger partial charge in [0, 0.05) is 17.6 Å². The highest BCUT2D eigenvalue weighted by Crippen LogP contribution is 2.64. The van der Waals surface area contributed by atoms with E-state index in [-0.39, 0.29) is 5.57 Å². The second-order valence-corrected chi connectivity index (χ2v) is 7.23. The molecule has 0 unspecified atom stereocenters. The molecule has 0 aromatic heterocycles. The van der Waals surface area contributed by atoms with Crippen molar-refractivity contribution in [1.82, 2.24) is 0 Å². The van der Waals surface area contributed by atoms with E-state index in [4.69, 9.17) is 5.11 Å². The highest BCUT2D eigenvalue weighted by Gasteiger charge is 2.95. The van der Waals surface area contributed by atoms with E-state index in [2.05, 4.69) is 17.9 Å². The van der Waals surface area contributed by atoms with E-state index in [1.807, 2.05) is 0 Å². The first-order valence-corrected chi connectivity index (χ1v) is 9.21. The topological polar surface area (TPSA) is 63.6 Å². The first kappa shape index (κ1) is 38.4. The van der Waals surface area contributed by atoms with Gasteiger partial charge in [0.1, 0.15) is 0 Å². The Balaban J connectivity index is 0. The van der Waals surface area contributed by atoms with Crippen LogP contribution in [0.5, 0.6) is 0 Å². The van der Waals surface area contributed by atoms with Crippen LogP contribution in [0.25, 0.3) is 0 Å². The van der Waals surface area contributed by atoms with Gasteiger partial charge in [0.15, 0.2) is 0 Å². The molecular weight excluding hydrogens is 603 g/mol. The number of rotatable bonds is 11. The van der Waals surface area contributed by atoms with Crippen molar-refractivity contribution in [3.63, 3.8) is 0 Å². The van der Waals surface area contributed by atoms with Crippen LogP contribution in [0.15, 0.2) is 24.3 Å². The minimum atomic E-state index is -8.69. The van der Waals surface area contributed by atoms with Crippen LogP contribution in [0.3, 0.4) is 0 Å². The van der Waals surface area contributed by atoms with Gasteiger partial charge in [-0.3, -0.25) is 0 Å². The van der Waals surface area contributed by atoms with E-state index >= 15 is 0 Å². The summed E-state index contributed by atoms with van der Waals surface area (Å²) in [5.41, 5.74) is -1.67. The molecule has 0 bridgehead atoms. The van der Waals surface area contributed by atoms with E-state index in [0.717, 1.165) is 6.92 Å². The molecule has 0 aliphatic carbocycles. The molecule has 0 radical (unpaired) electrons. The van der Waals surface area contributed by atoms with Gasteiger partial charge in [0.2, 0.25) is 0 Å². The zero-order chi connectivity index (χ0) is 32.4. The van der Waals surface area contributed by atoms with Crippen LogP contribution in [0.1, 0.15) is 20.3 Å². The van der Waals surface area contributed by atoms with E-state index in [1.54, 1.807) is 0 Å². The Hall–Kier alpha value is -2.77. The molecule has 4 nitrogen and oxygen atoms in total. The van der Waals surface area contributed by atoms with Crippen molar-refractivity contribution in [3.8, 4) is 0 Å². The van der Waals surface area contributed by atoms with Crippen LogP contribution in [0, 0.1) is 0 Å². The highest BCUT2D eigenvalue weighted by molar-refractivity contribution is 5.87. The predicted molar refractivity (Wildman–Crippen MR) is 93.5 cm³/mol. The summed E-state index contributed by atoms with van der Waals surface area (Å²) in [5.74, 6) is -60.0. The lowest BCUT2D eigenvalue weighted by molar-refractivity contribution is -0.461. The molecule has 230 valence electrons. The Bertz CT molecular complexity index is 922. The fourth-order valence-corrected chi connectivity index (χ4v) is 1.88. The van der Waals surface area contributed by atoms with Crippen LogP contribution in [0.4, 0.5) is 74.6 Å². The Labute approximate surface area is 206 Å². The SMILES string of the molecule is C=C(C)C(=O)O.C=C(CC(F)(F)C(F)(F)C(F)(F)C(F)(F)C(F)(F)C(F)(F)C(F)(F)C(F)(F)F)C(=O)OCC. The van der Waals surface area contributed by atoms with Crippen LogP contribution < -0.4 is 0 Å². The zero-order valence-electron chi connectivity index (χ0n) is 18.9. The molecule has 0 heterocycles. The maximum Gasteiger partial charge on any atom is 0.460 e. The van der Waals surface area contributed by atoms with Crippen LogP contribution in [-0.2, 0) is 14.3 Å². The Kier molecular flexibility index (Phi) is 11.2. The van der Waals surface area contributed by atoms with Crippen molar-refractivity contribution in [1.29, 1.82) is 0 Å². The van der Waals surface area contributed by atoms with Crippen LogP contribution in [-0.4, -0.2) is 71.3 Å². The van der Waals surface area contributed by atoms with Gasteiger partial charge in [-0.15, -0.1) is 0 Å². The number of aliphatic carboxylic acids is 1. The summed E-state index contributed by atoms with van der Waals surface area (Å²) in [5, 5.41) is 7.89. The Morgan fingerprint density at radius 2 is 0.923 bits per heavy atom. The predicted octanol–water partition coefficient (Wildman–Crippen LogP) is 7.15. The average Bonchev–Trinajstić information content (AvgIpc) is 2.72. The molecule has 0 spiro atoms. The minimum absolute atomic E-state index is 0.176. The zero-order valence-corrected chi connectivity index (χ0v) is 18.9. The van der Waals surface area contributed by atoms with Gasteiger partial charge < -0.3 is 9.84 Å². The molecule has 0 saturated carbocycles. The van der Waals surface area contributed by atoms with E-state index in [1.165, 1.54) is 6.92 Å². The van der Waals surface area contributed by atoms with Crippen molar-refractivity contribution < 1.29 is 94.1 Å². The molecule has 0 aliphatic heterocycles. The van der Waals surface area contributed by atoms with Gasteiger partial charge >= 0.3 is 59.6 Å². The van der Waals surface area contributed by atoms with Gasteiger partial charge in [0.25, 0.3) is 0 Å². The minimum Gasteiger partial charge on any atom is -0.478 e.